The number of aliphatic hydroxyl groups is 1. The number of hydrogen-bond acceptors (Lipinski definition) is 7. The van der Waals surface area contributed by atoms with Crippen LogP contribution in [0.15, 0.2) is 59.6 Å². The van der Waals surface area contributed by atoms with Gasteiger partial charge in [-0.2, -0.15) is 0 Å². The van der Waals surface area contributed by atoms with Crippen molar-refractivity contribution in [2.45, 2.75) is 33.4 Å². The van der Waals surface area contributed by atoms with Gasteiger partial charge in [0.25, 0.3) is 0 Å². The number of aliphatic carboxylic acids is 1. The van der Waals surface area contributed by atoms with Gasteiger partial charge in [-0.25, -0.2) is 0 Å². The normalized spacial score (nSPS) is 15.5. The lowest BCUT2D eigenvalue weighted by Crippen LogP contribution is -2.21. The molecule has 3 heterocycles. The highest BCUT2D eigenvalue weighted by molar-refractivity contribution is 7.15. The van der Waals surface area contributed by atoms with E-state index in [-0.39, 0.29) is 6.61 Å². The van der Waals surface area contributed by atoms with E-state index in [9.17, 15) is 15.0 Å². The molecule has 5 rings (SSSR count). The molecule has 2 atom stereocenters. The van der Waals surface area contributed by atoms with E-state index in [1.165, 1.54) is 11.3 Å². The predicted octanol–water partition coefficient (Wildman–Crippen LogP) is 4.79. The minimum atomic E-state index is -0.953. The molecule has 0 radical (unpaired) electrons. The first-order valence-corrected chi connectivity index (χ1v) is 12.1. The minimum Gasteiger partial charge on any atom is -0.481 e. The zero-order valence-corrected chi connectivity index (χ0v) is 20.4. The highest BCUT2D eigenvalue weighted by atomic mass is 32.1. The van der Waals surface area contributed by atoms with Crippen LogP contribution < -0.4 is 5.32 Å². The predicted molar refractivity (Wildman–Crippen MR) is 136 cm³/mol. The van der Waals surface area contributed by atoms with Gasteiger partial charge in [0.15, 0.2) is 5.82 Å². The maximum atomic E-state index is 12.0. The Kier molecular flexibility index (Phi) is 5.96. The van der Waals surface area contributed by atoms with Crippen molar-refractivity contribution in [1.29, 1.82) is 0 Å². The van der Waals surface area contributed by atoms with Gasteiger partial charge in [-0.15, -0.1) is 21.5 Å². The SMILES string of the molecule is Cc1c(CO)sc2c1C(c1ccc(Nc3ccccc3)cc1)=NC([C@H](C)C(=O)O)c1nnc(C)n1-2. The molecule has 1 aliphatic rings. The number of nitrogens with zero attached hydrogens (tertiary/aromatic N) is 4. The summed E-state index contributed by atoms with van der Waals surface area (Å²) < 4.78 is 1.89. The molecule has 9 heteroatoms. The number of anilines is 2. The molecule has 0 aliphatic carbocycles. The summed E-state index contributed by atoms with van der Waals surface area (Å²) in [5.41, 5.74) is 5.24. The average Bonchev–Trinajstić information content (AvgIpc) is 3.35. The monoisotopic (exact) mass is 487 g/mol. The van der Waals surface area contributed by atoms with Crippen molar-refractivity contribution in [3.63, 3.8) is 0 Å². The fraction of sp³-hybridized carbons (Fsp3) is 0.231. The number of hydrogen-bond donors (Lipinski definition) is 3. The van der Waals surface area contributed by atoms with Gasteiger partial charge in [0.05, 0.1) is 18.2 Å². The van der Waals surface area contributed by atoms with Crippen LogP contribution in [-0.2, 0) is 11.4 Å². The van der Waals surface area contributed by atoms with E-state index >= 15 is 0 Å². The number of rotatable bonds is 6. The van der Waals surface area contributed by atoms with Crippen LogP contribution in [0.25, 0.3) is 5.00 Å². The van der Waals surface area contributed by atoms with Crippen LogP contribution in [0.5, 0.6) is 0 Å². The molecule has 35 heavy (non-hydrogen) atoms. The number of benzene rings is 2. The smallest absolute Gasteiger partial charge is 0.308 e. The van der Waals surface area contributed by atoms with Gasteiger partial charge in [-0.1, -0.05) is 30.3 Å². The van der Waals surface area contributed by atoms with Gasteiger partial charge in [-0.3, -0.25) is 14.4 Å². The number of aryl methyl sites for hydroxylation is 1. The third-order valence-corrected chi connectivity index (χ3v) is 7.54. The zero-order valence-electron chi connectivity index (χ0n) is 19.6. The van der Waals surface area contributed by atoms with E-state index in [0.717, 1.165) is 37.9 Å². The molecule has 2 aromatic carbocycles. The molecule has 8 nitrogen and oxygen atoms in total. The van der Waals surface area contributed by atoms with E-state index < -0.39 is 17.9 Å². The van der Waals surface area contributed by atoms with Crippen LogP contribution in [0.4, 0.5) is 11.4 Å². The molecule has 0 amide bonds. The summed E-state index contributed by atoms with van der Waals surface area (Å²) >= 11 is 1.45. The molecule has 0 fully saturated rings. The number of carboxylic acids is 1. The largest absolute Gasteiger partial charge is 0.481 e. The van der Waals surface area contributed by atoms with Crippen molar-refractivity contribution in [2.24, 2.45) is 10.9 Å². The number of para-hydroxylation sites is 1. The molecular weight excluding hydrogens is 462 g/mol. The number of thiophene rings is 1. The van der Waals surface area contributed by atoms with Gasteiger partial charge in [0.2, 0.25) is 0 Å². The summed E-state index contributed by atoms with van der Waals surface area (Å²) in [4.78, 5) is 17.8. The lowest BCUT2D eigenvalue weighted by atomic mass is 9.98. The standard InChI is InChI=1S/C26H25N5O3S/c1-14-20(13-32)35-25-21(14)23(17-9-11-19(12-10-17)27-18-7-5-4-6-8-18)28-22(15(2)26(33)34)24-30-29-16(3)31(24)25/h4-12,15,22,27,32H,13H2,1-3H3,(H,33,34)/t15-,22?/m0/s1. The molecule has 0 saturated heterocycles. The first-order chi connectivity index (χ1) is 16.9. The Hall–Kier alpha value is -3.82. The third-order valence-electron chi connectivity index (χ3n) is 6.28. The summed E-state index contributed by atoms with van der Waals surface area (Å²) in [6, 6.07) is 17.1. The Balaban J connectivity index is 1.66. The molecule has 4 aromatic rings. The van der Waals surface area contributed by atoms with Crippen LogP contribution in [0.3, 0.4) is 0 Å². The highest BCUT2D eigenvalue weighted by Gasteiger charge is 2.36. The van der Waals surface area contributed by atoms with Crippen molar-refractivity contribution in [1.82, 2.24) is 14.8 Å². The van der Waals surface area contributed by atoms with Crippen LogP contribution in [0, 0.1) is 19.8 Å². The molecular formula is C26H25N5O3S. The topological polar surface area (TPSA) is 113 Å². The minimum absolute atomic E-state index is 0.0951. The summed E-state index contributed by atoms with van der Waals surface area (Å²) in [5.74, 6) is -0.626. The Morgan fingerprint density at radius 2 is 1.77 bits per heavy atom. The van der Waals surface area contributed by atoms with Gasteiger partial charge < -0.3 is 15.5 Å². The van der Waals surface area contributed by atoms with Crippen molar-refractivity contribution in [3.05, 3.63) is 87.8 Å². The lowest BCUT2D eigenvalue weighted by molar-refractivity contribution is -0.141. The Bertz CT molecular complexity index is 1420. The van der Waals surface area contributed by atoms with Crippen molar-refractivity contribution < 1.29 is 15.0 Å². The second-order valence-corrected chi connectivity index (χ2v) is 9.63. The lowest BCUT2D eigenvalue weighted by Gasteiger charge is -2.16. The van der Waals surface area contributed by atoms with Gasteiger partial charge in [0.1, 0.15) is 16.9 Å². The number of fused-ring (bicyclic) bond motifs is 3. The second kappa shape index (κ2) is 9.09. The third kappa shape index (κ3) is 4.02. The van der Waals surface area contributed by atoms with E-state index in [1.807, 2.05) is 73.0 Å². The molecule has 2 aromatic heterocycles. The number of aliphatic hydroxyl groups excluding tert-OH is 1. The molecule has 1 aliphatic heterocycles. The first-order valence-electron chi connectivity index (χ1n) is 11.3. The van der Waals surface area contributed by atoms with Crippen molar-refractivity contribution in [2.75, 3.05) is 5.32 Å². The number of nitrogens with one attached hydrogen (secondary N) is 1. The Labute approximate surface area is 206 Å². The summed E-state index contributed by atoms with van der Waals surface area (Å²) in [6.07, 6.45) is 0. The fourth-order valence-electron chi connectivity index (χ4n) is 4.30. The van der Waals surface area contributed by atoms with E-state index in [0.29, 0.717) is 17.4 Å². The molecule has 3 N–H and O–H groups in total. The van der Waals surface area contributed by atoms with Gasteiger partial charge in [-0.05, 0) is 50.6 Å². The van der Waals surface area contributed by atoms with Gasteiger partial charge >= 0.3 is 5.97 Å². The van der Waals surface area contributed by atoms with Crippen LogP contribution in [0.2, 0.25) is 0 Å². The van der Waals surface area contributed by atoms with Crippen LogP contribution >= 0.6 is 11.3 Å². The van der Waals surface area contributed by atoms with Crippen molar-refractivity contribution in [3.8, 4) is 5.00 Å². The molecule has 1 unspecified atom stereocenters. The molecule has 0 spiro atoms. The quantitative estimate of drug-likeness (QED) is 0.360. The zero-order chi connectivity index (χ0) is 24.7. The molecule has 0 saturated carbocycles. The van der Waals surface area contributed by atoms with E-state index in [4.69, 9.17) is 4.99 Å². The molecule has 0 bridgehead atoms. The summed E-state index contributed by atoms with van der Waals surface area (Å²) in [5, 5.41) is 32.6. The van der Waals surface area contributed by atoms with E-state index in [1.54, 1.807) is 6.92 Å². The highest BCUT2D eigenvalue weighted by Crippen LogP contribution is 2.41. The Morgan fingerprint density at radius 1 is 1.09 bits per heavy atom. The Morgan fingerprint density at radius 3 is 2.43 bits per heavy atom. The van der Waals surface area contributed by atoms with E-state index in [2.05, 4.69) is 15.5 Å². The van der Waals surface area contributed by atoms with Crippen molar-refractivity contribution >= 4 is 34.4 Å². The maximum Gasteiger partial charge on any atom is 0.308 e. The van der Waals surface area contributed by atoms with Crippen LogP contribution in [0.1, 0.15) is 46.2 Å². The number of aliphatic imine (C=N–C) groups is 1. The summed E-state index contributed by atoms with van der Waals surface area (Å²) in [6.45, 7) is 5.34. The number of carbonyl (C=O) groups is 1. The molecule has 178 valence electrons. The number of aromatic nitrogens is 3. The number of carboxylic acid groups (broad SMARTS) is 1. The van der Waals surface area contributed by atoms with Gasteiger partial charge in [0, 0.05) is 27.4 Å². The van der Waals surface area contributed by atoms with Crippen LogP contribution in [-0.4, -0.2) is 36.7 Å². The maximum absolute atomic E-state index is 12.0. The second-order valence-electron chi connectivity index (χ2n) is 8.55. The average molecular weight is 488 g/mol. The summed E-state index contributed by atoms with van der Waals surface area (Å²) in [7, 11) is 0. The fourth-order valence-corrected chi connectivity index (χ4v) is 5.52. The first kappa shape index (κ1) is 22.9.